The van der Waals surface area contributed by atoms with Gasteiger partial charge in [-0.3, -0.25) is 4.79 Å². The molecule has 2 aliphatic rings. The van der Waals surface area contributed by atoms with Gasteiger partial charge in [-0.1, -0.05) is 0 Å². The number of hydrogen-bond donors (Lipinski definition) is 1. The maximum absolute atomic E-state index is 11.4. The minimum atomic E-state index is -0.897. The normalized spacial score (nSPS) is 29.4. The predicted octanol–water partition coefficient (Wildman–Crippen LogP) is 0.689. The first-order valence-electron chi connectivity index (χ1n) is 4.76. The number of halogens is 1. The van der Waals surface area contributed by atoms with Crippen molar-refractivity contribution in [1.29, 1.82) is 0 Å². The van der Waals surface area contributed by atoms with Gasteiger partial charge in [0.05, 0.1) is 5.38 Å². The summed E-state index contributed by atoms with van der Waals surface area (Å²) >= 11 is 5.82. The van der Waals surface area contributed by atoms with Gasteiger partial charge in [0, 0.05) is 13.0 Å². The lowest BCUT2D eigenvalue weighted by Crippen LogP contribution is -2.43. The summed E-state index contributed by atoms with van der Waals surface area (Å²) in [5.41, 5.74) is 0. The van der Waals surface area contributed by atoms with E-state index in [1.54, 1.807) is 0 Å². The number of carbonyl (C=O) groups is 2. The van der Waals surface area contributed by atoms with Crippen LogP contribution in [-0.2, 0) is 9.59 Å². The molecule has 0 aromatic carbocycles. The first kappa shape index (κ1) is 9.77. The fourth-order valence-corrected chi connectivity index (χ4v) is 2.24. The van der Waals surface area contributed by atoms with Crippen molar-refractivity contribution in [1.82, 2.24) is 4.90 Å². The number of rotatable bonds is 3. The zero-order chi connectivity index (χ0) is 10.3. The molecule has 0 bridgehead atoms. The molecule has 78 valence electrons. The third-order valence-electron chi connectivity index (χ3n) is 2.77. The maximum atomic E-state index is 11.4. The number of amides is 1. The topological polar surface area (TPSA) is 57.6 Å². The van der Waals surface area contributed by atoms with Gasteiger partial charge in [-0.2, -0.15) is 0 Å². The molecule has 2 atom stereocenters. The third kappa shape index (κ3) is 1.71. The Hall–Kier alpha value is -0.770. The van der Waals surface area contributed by atoms with E-state index in [0.29, 0.717) is 6.54 Å². The number of likely N-dealkylation sites (tertiary alicyclic amines) is 1. The molecule has 2 fully saturated rings. The minimum Gasteiger partial charge on any atom is -0.480 e. The van der Waals surface area contributed by atoms with Crippen LogP contribution in [0.4, 0.5) is 0 Å². The van der Waals surface area contributed by atoms with E-state index in [0.717, 1.165) is 12.8 Å². The number of hydrogen-bond acceptors (Lipinski definition) is 2. The van der Waals surface area contributed by atoms with E-state index in [4.69, 9.17) is 16.7 Å². The van der Waals surface area contributed by atoms with Gasteiger partial charge < -0.3 is 10.0 Å². The molecule has 4 nitrogen and oxygen atoms in total. The average molecular weight is 218 g/mol. The summed E-state index contributed by atoms with van der Waals surface area (Å²) in [7, 11) is 0. The molecule has 0 aromatic rings. The summed E-state index contributed by atoms with van der Waals surface area (Å²) in [6, 6.07) is -0.633. The van der Waals surface area contributed by atoms with Gasteiger partial charge in [-0.05, 0) is 18.8 Å². The van der Waals surface area contributed by atoms with Crippen LogP contribution in [0.2, 0.25) is 0 Å². The molecular formula is C9H12ClNO3. The van der Waals surface area contributed by atoms with E-state index >= 15 is 0 Å². The largest absolute Gasteiger partial charge is 0.480 e. The molecule has 5 heteroatoms. The molecule has 14 heavy (non-hydrogen) atoms. The van der Waals surface area contributed by atoms with Gasteiger partial charge in [0.25, 0.3) is 0 Å². The zero-order valence-electron chi connectivity index (χ0n) is 7.65. The van der Waals surface area contributed by atoms with Crippen molar-refractivity contribution >= 4 is 23.5 Å². The predicted molar refractivity (Wildman–Crippen MR) is 50.1 cm³/mol. The molecule has 0 spiro atoms. The lowest BCUT2D eigenvalue weighted by Gasteiger charge is -2.23. The highest BCUT2D eigenvalue weighted by molar-refractivity contribution is 6.22. The highest BCUT2D eigenvalue weighted by atomic mass is 35.5. The van der Waals surface area contributed by atoms with Crippen LogP contribution in [0.1, 0.15) is 19.3 Å². The summed E-state index contributed by atoms with van der Waals surface area (Å²) in [6.45, 7) is 0.383. The van der Waals surface area contributed by atoms with Crippen LogP contribution in [0.15, 0.2) is 0 Å². The zero-order valence-corrected chi connectivity index (χ0v) is 8.41. The number of carboxylic acid groups (broad SMARTS) is 1. The molecule has 1 saturated carbocycles. The van der Waals surface area contributed by atoms with Crippen LogP contribution in [0, 0.1) is 5.92 Å². The number of aliphatic carboxylic acids is 1. The third-order valence-corrected chi connectivity index (χ3v) is 3.06. The Bertz CT molecular complexity index is 277. The van der Waals surface area contributed by atoms with Crippen molar-refractivity contribution in [2.75, 3.05) is 6.54 Å². The highest BCUT2D eigenvalue weighted by Crippen LogP contribution is 2.37. The number of alkyl halides is 1. The van der Waals surface area contributed by atoms with Crippen molar-refractivity contribution in [2.45, 2.75) is 30.7 Å². The first-order chi connectivity index (χ1) is 6.59. The molecule has 1 N–H and O–H groups in total. The number of carboxylic acids is 1. The maximum Gasteiger partial charge on any atom is 0.326 e. The van der Waals surface area contributed by atoms with E-state index in [1.807, 2.05) is 0 Å². The van der Waals surface area contributed by atoms with Crippen molar-refractivity contribution in [3.8, 4) is 0 Å². The quantitative estimate of drug-likeness (QED) is 0.708. The van der Waals surface area contributed by atoms with Gasteiger partial charge in [0.1, 0.15) is 6.04 Å². The molecule has 1 aliphatic carbocycles. The summed E-state index contributed by atoms with van der Waals surface area (Å²) in [4.78, 5) is 23.9. The fourth-order valence-electron chi connectivity index (χ4n) is 1.96. The molecule has 1 saturated heterocycles. The van der Waals surface area contributed by atoms with Crippen LogP contribution >= 0.6 is 11.6 Å². The lowest BCUT2D eigenvalue weighted by molar-refractivity contribution is -0.149. The molecule has 1 amide bonds. The Morgan fingerprint density at radius 2 is 2.21 bits per heavy atom. The molecule has 0 aromatic heterocycles. The molecule has 2 unspecified atom stereocenters. The molecular weight excluding hydrogens is 206 g/mol. The second-order valence-corrected chi connectivity index (χ2v) is 4.59. The molecule has 1 aliphatic heterocycles. The molecule has 2 rings (SSSR count). The van der Waals surface area contributed by atoms with E-state index in [-0.39, 0.29) is 23.6 Å². The van der Waals surface area contributed by atoms with E-state index in [9.17, 15) is 9.59 Å². The Morgan fingerprint density at radius 1 is 1.57 bits per heavy atom. The van der Waals surface area contributed by atoms with Crippen molar-refractivity contribution in [3.05, 3.63) is 0 Å². The minimum absolute atomic E-state index is 0.121. The Balaban J connectivity index is 2.10. The van der Waals surface area contributed by atoms with Crippen LogP contribution in [0.3, 0.4) is 0 Å². The monoisotopic (exact) mass is 217 g/mol. The first-order valence-corrected chi connectivity index (χ1v) is 5.19. The standard InChI is InChI=1S/C9H12ClNO3/c10-6-3-7(12)11(4-6)8(9(13)14)5-1-2-5/h5-6,8H,1-4H2,(H,13,14). The number of nitrogens with zero attached hydrogens (tertiary/aromatic N) is 1. The van der Waals surface area contributed by atoms with Crippen LogP contribution < -0.4 is 0 Å². The van der Waals surface area contributed by atoms with Crippen molar-refractivity contribution in [2.24, 2.45) is 5.92 Å². The average Bonchev–Trinajstić information content (AvgIpc) is 2.81. The second-order valence-electron chi connectivity index (χ2n) is 3.97. The molecule has 0 radical (unpaired) electrons. The summed E-state index contributed by atoms with van der Waals surface area (Å²) < 4.78 is 0. The fraction of sp³-hybridized carbons (Fsp3) is 0.778. The van der Waals surface area contributed by atoms with Crippen LogP contribution in [0.25, 0.3) is 0 Å². The Kier molecular flexibility index (Phi) is 2.39. The highest BCUT2D eigenvalue weighted by Gasteiger charge is 2.45. The van der Waals surface area contributed by atoms with Crippen molar-refractivity contribution < 1.29 is 14.7 Å². The molecule has 1 heterocycles. The van der Waals surface area contributed by atoms with Crippen LogP contribution in [-0.4, -0.2) is 39.8 Å². The summed E-state index contributed by atoms with van der Waals surface area (Å²) in [5, 5.41) is 8.79. The van der Waals surface area contributed by atoms with Gasteiger partial charge in [-0.15, -0.1) is 11.6 Å². The van der Waals surface area contributed by atoms with Gasteiger partial charge in [0.15, 0.2) is 0 Å². The lowest BCUT2D eigenvalue weighted by atomic mass is 10.1. The summed E-state index contributed by atoms with van der Waals surface area (Å²) in [6.07, 6.45) is 2.10. The second kappa shape index (κ2) is 3.42. The van der Waals surface area contributed by atoms with E-state index < -0.39 is 12.0 Å². The van der Waals surface area contributed by atoms with Gasteiger partial charge in [0.2, 0.25) is 5.91 Å². The van der Waals surface area contributed by atoms with E-state index in [1.165, 1.54) is 4.90 Å². The summed E-state index contributed by atoms with van der Waals surface area (Å²) in [5.74, 6) is -0.866. The Labute approximate surface area is 86.8 Å². The SMILES string of the molecule is O=C(O)C(C1CC1)N1CC(Cl)CC1=O. The van der Waals surface area contributed by atoms with Gasteiger partial charge >= 0.3 is 5.97 Å². The van der Waals surface area contributed by atoms with Gasteiger partial charge in [-0.25, -0.2) is 4.79 Å². The van der Waals surface area contributed by atoms with Crippen molar-refractivity contribution in [3.63, 3.8) is 0 Å². The van der Waals surface area contributed by atoms with E-state index in [2.05, 4.69) is 0 Å². The number of carbonyl (C=O) groups excluding carboxylic acids is 1. The smallest absolute Gasteiger partial charge is 0.326 e. The van der Waals surface area contributed by atoms with Crippen LogP contribution in [0.5, 0.6) is 0 Å². The Morgan fingerprint density at radius 3 is 2.57 bits per heavy atom.